The molecule has 0 spiro atoms. The molecule has 0 aliphatic carbocycles. The van der Waals surface area contributed by atoms with Crippen LogP contribution in [0.5, 0.6) is 11.5 Å². The fourth-order valence-electron chi connectivity index (χ4n) is 3.46. The molecular weight excluding hydrogens is 320 g/mol. The van der Waals surface area contributed by atoms with Gasteiger partial charge in [-0.1, -0.05) is 60.7 Å². The summed E-state index contributed by atoms with van der Waals surface area (Å²) in [7, 11) is 0. The fraction of sp³-hybridized carbons (Fsp3) is 0.0833. The Morgan fingerprint density at radius 2 is 0.923 bits per heavy atom. The first-order valence-electron chi connectivity index (χ1n) is 8.82. The second-order valence-corrected chi connectivity index (χ2v) is 6.57. The molecule has 0 fully saturated rings. The summed E-state index contributed by atoms with van der Waals surface area (Å²) >= 11 is 0. The summed E-state index contributed by atoms with van der Waals surface area (Å²) in [4.78, 5) is 0. The van der Waals surface area contributed by atoms with Crippen LogP contribution in [-0.2, 0) is 0 Å². The topological polar surface area (TPSA) is 18.5 Å². The maximum absolute atomic E-state index is 5.88. The third-order valence-electron chi connectivity index (χ3n) is 4.89. The molecule has 3 aromatic carbocycles. The van der Waals surface area contributed by atoms with E-state index in [-0.39, 0.29) is 0 Å². The third-order valence-corrected chi connectivity index (χ3v) is 4.89. The van der Waals surface area contributed by atoms with Crippen molar-refractivity contribution in [2.45, 2.75) is 0 Å². The van der Waals surface area contributed by atoms with E-state index in [9.17, 15) is 0 Å². The van der Waals surface area contributed by atoms with Gasteiger partial charge in [0.15, 0.2) is 0 Å². The van der Waals surface area contributed by atoms with Crippen molar-refractivity contribution >= 4 is 23.3 Å². The Morgan fingerprint density at radius 1 is 0.500 bits per heavy atom. The zero-order chi connectivity index (χ0) is 17.3. The van der Waals surface area contributed by atoms with Gasteiger partial charge in [0.25, 0.3) is 0 Å². The van der Waals surface area contributed by atoms with E-state index in [1.54, 1.807) is 0 Å². The van der Waals surface area contributed by atoms with Crippen LogP contribution < -0.4 is 9.47 Å². The van der Waals surface area contributed by atoms with Crippen LogP contribution in [0.2, 0.25) is 0 Å². The van der Waals surface area contributed by atoms with Gasteiger partial charge < -0.3 is 9.47 Å². The van der Waals surface area contributed by atoms with E-state index in [1.807, 2.05) is 36.4 Å². The highest BCUT2D eigenvalue weighted by Gasteiger charge is 2.14. The second-order valence-electron chi connectivity index (χ2n) is 6.57. The number of fused-ring (bicyclic) bond motifs is 2. The minimum Gasteiger partial charge on any atom is -0.488 e. The Hall–Kier alpha value is -3.26. The Bertz CT molecular complexity index is 942. The van der Waals surface area contributed by atoms with E-state index in [1.165, 1.54) is 22.3 Å². The smallest absolute Gasteiger partial charge is 0.127 e. The Balaban J connectivity index is 1.44. The van der Waals surface area contributed by atoms with Gasteiger partial charge in [-0.15, -0.1) is 0 Å². The maximum Gasteiger partial charge on any atom is 0.127 e. The lowest BCUT2D eigenvalue weighted by atomic mass is 9.96. The first-order valence-corrected chi connectivity index (χ1v) is 8.82. The van der Waals surface area contributed by atoms with Crippen molar-refractivity contribution in [2.24, 2.45) is 0 Å². The van der Waals surface area contributed by atoms with Crippen LogP contribution in [0, 0.1) is 0 Å². The Morgan fingerprint density at radius 3 is 1.38 bits per heavy atom. The summed E-state index contributed by atoms with van der Waals surface area (Å²) in [6.45, 7) is 1.21. The predicted molar refractivity (Wildman–Crippen MR) is 106 cm³/mol. The first-order chi connectivity index (χ1) is 12.9. The minimum absolute atomic E-state index is 0.607. The highest BCUT2D eigenvalue weighted by molar-refractivity contribution is 5.88. The second kappa shape index (κ2) is 6.23. The molecule has 0 amide bonds. The number of benzene rings is 3. The molecule has 126 valence electrons. The van der Waals surface area contributed by atoms with Crippen molar-refractivity contribution in [3.05, 3.63) is 95.1 Å². The molecule has 0 saturated carbocycles. The van der Waals surface area contributed by atoms with Gasteiger partial charge in [-0.3, -0.25) is 0 Å². The maximum atomic E-state index is 5.88. The van der Waals surface area contributed by atoms with Gasteiger partial charge in [0.2, 0.25) is 0 Å². The first kappa shape index (κ1) is 15.0. The van der Waals surface area contributed by atoms with Crippen LogP contribution in [0.1, 0.15) is 22.3 Å². The van der Waals surface area contributed by atoms with E-state index in [2.05, 4.69) is 48.6 Å². The quantitative estimate of drug-likeness (QED) is 0.610. The zero-order valence-electron chi connectivity index (χ0n) is 14.3. The van der Waals surface area contributed by atoms with E-state index in [0.29, 0.717) is 13.2 Å². The lowest BCUT2D eigenvalue weighted by Crippen LogP contribution is -2.07. The predicted octanol–water partition coefficient (Wildman–Crippen LogP) is 5.55. The van der Waals surface area contributed by atoms with Gasteiger partial charge in [0.1, 0.15) is 24.7 Å². The van der Waals surface area contributed by atoms with Gasteiger partial charge in [-0.05, 0) is 46.6 Å². The molecule has 0 aromatic heterocycles. The summed E-state index contributed by atoms with van der Waals surface area (Å²) in [6.07, 6.45) is 4.43. The van der Waals surface area contributed by atoms with Crippen LogP contribution in [0.3, 0.4) is 0 Å². The largest absolute Gasteiger partial charge is 0.488 e. The van der Waals surface area contributed by atoms with Gasteiger partial charge in [-0.25, -0.2) is 0 Å². The minimum atomic E-state index is 0.607. The summed E-state index contributed by atoms with van der Waals surface area (Å²) in [5.41, 5.74) is 7.07. The monoisotopic (exact) mass is 338 g/mol. The van der Waals surface area contributed by atoms with E-state index in [4.69, 9.17) is 9.47 Å². The normalized spacial score (nSPS) is 14.9. The van der Waals surface area contributed by atoms with Crippen molar-refractivity contribution < 1.29 is 9.47 Å². The molecule has 0 bridgehead atoms. The summed E-state index contributed by atoms with van der Waals surface area (Å²) < 4.78 is 11.8. The lowest BCUT2D eigenvalue weighted by Gasteiger charge is -2.20. The fourth-order valence-corrected chi connectivity index (χ4v) is 3.46. The summed E-state index contributed by atoms with van der Waals surface area (Å²) in [5, 5.41) is 0. The van der Waals surface area contributed by atoms with Crippen molar-refractivity contribution in [1.29, 1.82) is 0 Å². The van der Waals surface area contributed by atoms with Gasteiger partial charge in [0.05, 0.1) is 0 Å². The molecule has 3 aromatic rings. The molecule has 0 N–H and O–H groups in total. The number of ether oxygens (including phenoxy) is 2. The summed E-state index contributed by atoms with van der Waals surface area (Å²) in [5.74, 6) is 1.91. The molecule has 2 nitrogen and oxygen atoms in total. The standard InChI is InChI=1S/C24H18O2/c1-3-7-23-19(5-1)13-21(15-25-23)17-9-11-18(12-10-17)22-14-20-6-2-4-8-24(20)26-16-22/h1-14H,15-16H2. The van der Waals surface area contributed by atoms with Gasteiger partial charge >= 0.3 is 0 Å². The molecule has 2 aliphatic rings. The highest BCUT2D eigenvalue weighted by Crippen LogP contribution is 2.33. The van der Waals surface area contributed by atoms with Crippen molar-refractivity contribution in [2.75, 3.05) is 13.2 Å². The van der Waals surface area contributed by atoms with Crippen LogP contribution in [0.4, 0.5) is 0 Å². The van der Waals surface area contributed by atoms with E-state index in [0.717, 1.165) is 22.6 Å². The molecule has 0 saturated heterocycles. The Labute approximate surface area is 153 Å². The zero-order valence-corrected chi connectivity index (χ0v) is 14.3. The number of rotatable bonds is 2. The lowest BCUT2D eigenvalue weighted by molar-refractivity contribution is 0.365. The SMILES string of the molecule is C1=C(c2ccc(C3=Cc4ccccc4OC3)cc2)COc2ccccc21. The Kier molecular flexibility index (Phi) is 3.60. The molecule has 0 radical (unpaired) electrons. The van der Waals surface area contributed by atoms with E-state index < -0.39 is 0 Å². The third kappa shape index (κ3) is 2.70. The molecule has 0 atom stereocenters. The van der Waals surface area contributed by atoms with E-state index >= 15 is 0 Å². The van der Waals surface area contributed by atoms with Gasteiger partial charge in [-0.2, -0.15) is 0 Å². The van der Waals surface area contributed by atoms with Crippen LogP contribution >= 0.6 is 0 Å². The molecule has 2 heteroatoms. The van der Waals surface area contributed by atoms with Crippen LogP contribution in [0.15, 0.2) is 72.8 Å². The molecule has 26 heavy (non-hydrogen) atoms. The summed E-state index contributed by atoms with van der Waals surface area (Å²) in [6, 6.07) is 25.0. The average Bonchev–Trinajstić information content (AvgIpc) is 2.73. The van der Waals surface area contributed by atoms with Gasteiger partial charge in [0, 0.05) is 11.1 Å². The molecule has 2 heterocycles. The molecule has 5 rings (SSSR count). The average molecular weight is 338 g/mol. The van der Waals surface area contributed by atoms with Crippen molar-refractivity contribution in [3.8, 4) is 11.5 Å². The molecular formula is C24H18O2. The van der Waals surface area contributed by atoms with Crippen molar-refractivity contribution in [1.82, 2.24) is 0 Å². The molecule has 0 unspecified atom stereocenters. The highest BCUT2D eigenvalue weighted by atomic mass is 16.5. The van der Waals surface area contributed by atoms with Crippen LogP contribution in [-0.4, -0.2) is 13.2 Å². The number of hydrogen-bond donors (Lipinski definition) is 0. The van der Waals surface area contributed by atoms with Crippen molar-refractivity contribution in [3.63, 3.8) is 0 Å². The number of hydrogen-bond acceptors (Lipinski definition) is 2. The van der Waals surface area contributed by atoms with Crippen LogP contribution in [0.25, 0.3) is 23.3 Å². The number of para-hydroxylation sites is 2. The molecule has 2 aliphatic heterocycles.